The molecule has 2 heteroatoms. The van der Waals surface area contributed by atoms with Gasteiger partial charge in [-0.25, -0.2) is 0 Å². The summed E-state index contributed by atoms with van der Waals surface area (Å²) in [6, 6.07) is 0. The van der Waals surface area contributed by atoms with Gasteiger partial charge in [-0.2, -0.15) is 0 Å². The first-order valence-corrected chi connectivity index (χ1v) is 5.77. The van der Waals surface area contributed by atoms with Crippen molar-refractivity contribution in [2.45, 2.75) is 50.5 Å². The van der Waals surface area contributed by atoms with Crippen molar-refractivity contribution in [1.29, 1.82) is 0 Å². The number of hydrogen-bond acceptors (Lipinski definition) is 1. The topological polar surface area (TPSA) is 20.2 Å². The van der Waals surface area contributed by atoms with Gasteiger partial charge in [-0.05, 0) is 0 Å². The molecule has 1 nitrogen and oxygen atoms in total. The summed E-state index contributed by atoms with van der Waals surface area (Å²) in [5.74, 6) is 1.16. The van der Waals surface area contributed by atoms with Gasteiger partial charge in [0.2, 0.25) is 0 Å². The Morgan fingerprint density at radius 3 is 2.50 bits per heavy atom. The zero-order valence-electron chi connectivity index (χ0n) is 8.25. The standard InChI is InChI=1S/C10H20OSe/c1-7(2)8-4-5-10(3,12)6-9(8)11/h7-9,11-12H,4-6H2,1-3H3/t8-,9+,10+/m0/s1. The van der Waals surface area contributed by atoms with Crippen LogP contribution >= 0.6 is 0 Å². The van der Waals surface area contributed by atoms with Gasteiger partial charge in [-0.3, -0.25) is 0 Å². The van der Waals surface area contributed by atoms with Gasteiger partial charge in [0, 0.05) is 0 Å². The van der Waals surface area contributed by atoms with E-state index in [0.717, 1.165) is 6.42 Å². The SMILES string of the molecule is CC(C)[C@@H]1CC[C@@](C)([SeH])C[C@H]1O. The Morgan fingerprint density at radius 1 is 1.50 bits per heavy atom. The molecule has 0 radical (unpaired) electrons. The molecule has 1 fully saturated rings. The molecule has 1 saturated carbocycles. The summed E-state index contributed by atoms with van der Waals surface area (Å²) in [7, 11) is 0. The van der Waals surface area contributed by atoms with E-state index >= 15 is 0 Å². The van der Waals surface area contributed by atoms with Crippen molar-refractivity contribution in [2.24, 2.45) is 11.8 Å². The number of aliphatic hydroxyl groups excluding tert-OH is 1. The average Bonchev–Trinajstić information content (AvgIpc) is 1.83. The molecule has 1 aliphatic rings. The Balaban J connectivity index is 2.54. The van der Waals surface area contributed by atoms with Gasteiger partial charge < -0.3 is 0 Å². The van der Waals surface area contributed by atoms with Crippen LogP contribution in [-0.2, 0) is 0 Å². The van der Waals surface area contributed by atoms with Crippen LogP contribution in [0, 0.1) is 11.8 Å². The van der Waals surface area contributed by atoms with E-state index in [9.17, 15) is 5.11 Å². The summed E-state index contributed by atoms with van der Waals surface area (Å²) in [5.41, 5.74) is 0. The summed E-state index contributed by atoms with van der Waals surface area (Å²) >= 11 is 2.72. The summed E-state index contributed by atoms with van der Waals surface area (Å²) in [6.07, 6.45) is 3.30. The third-order valence-electron chi connectivity index (χ3n) is 3.02. The molecule has 1 rings (SSSR count). The quantitative estimate of drug-likeness (QED) is 0.688. The van der Waals surface area contributed by atoms with E-state index in [-0.39, 0.29) is 6.10 Å². The number of rotatable bonds is 1. The van der Waals surface area contributed by atoms with E-state index in [2.05, 4.69) is 36.8 Å². The molecule has 0 aromatic heterocycles. The van der Waals surface area contributed by atoms with Crippen LogP contribution in [0.4, 0.5) is 0 Å². The Labute approximate surface area is 83.7 Å². The van der Waals surface area contributed by atoms with E-state index in [0.29, 0.717) is 16.1 Å². The Bertz CT molecular complexity index is 154. The minimum absolute atomic E-state index is 0.0770. The van der Waals surface area contributed by atoms with Crippen LogP contribution in [0.2, 0.25) is 4.31 Å². The predicted octanol–water partition coefficient (Wildman–Crippen LogP) is 1.88. The average molecular weight is 235 g/mol. The zero-order chi connectivity index (χ0) is 9.35. The van der Waals surface area contributed by atoms with Crippen molar-refractivity contribution in [3.8, 4) is 0 Å². The fourth-order valence-corrected chi connectivity index (χ4v) is 2.81. The van der Waals surface area contributed by atoms with Crippen molar-refractivity contribution in [2.75, 3.05) is 0 Å². The maximum atomic E-state index is 9.86. The van der Waals surface area contributed by atoms with Gasteiger partial charge in [-0.1, -0.05) is 0 Å². The normalized spacial score (nSPS) is 43.5. The van der Waals surface area contributed by atoms with Crippen LogP contribution in [0.1, 0.15) is 40.0 Å². The van der Waals surface area contributed by atoms with E-state index in [1.807, 2.05) is 0 Å². The molecule has 1 aliphatic carbocycles. The summed E-state index contributed by atoms with van der Waals surface area (Å²) < 4.78 is 0.303. The molecule has 0 aromatic carbocycles. The Hall–Kier alpha value is 0.479. The molecule has 12 heavy (non-hydrogen) atoms. The van der Waals surface area contributed by atoms with Gasteiger partial charge in [0.15, 0.2) is 0 Å². The third kappa shape index (κ3) is 2.48. The molecule has 1 N–H and O–H groups in total. The monoisotopic (exact) mass is 236 g/mol. The molecule has 0 aromatic rings. The Kier molecular flexibility index (Phi) is 3.25. The molecule has 0 aliphatic heterocycles. The molecule has 0 heterocycles. The number of aliphatic hydroxyl groups is 1. The van der Waals surface area contributed by atoms with Crippen molar-refractivity contribution in [1.82, 2.24) is 0 Å². The van der Waals surface area contributed by atoms with Crippen LogP contribution < -0.4 is 0 Å². The molecule has 0 bridgehead atoms. The summed E-state index contributed by atoms with van der Waals surface area (Å²) in [6.45, 7) is 6.65. The molecule has 0 unspecified atom stereocenters. The van der Waals surface area contributed by atoms with Crippen molar-refractivity contribution in [3.63, 3.8) is 0 Å². The summed E-state index contributed by atoms with van der Waals surface area (Å²) in [5, 5.41) is 9.86. The molecule has 3 atom stereocenters. The van der Waals surface area contributed by atoms with E-state index in [4.69, 9.17) is 0 Å². The zero-order valence-corrected chi connectivity index (χ0v) is 10.1. The first-order valence-electron chi connectivity index (χ1n) is 4.83. The number of hydrogen-bond donors (Lipinski definition) is 1. The second-order valence-electron chi connectivity index (χ2n) is 4.71. The van der Waals surface area contributed by atoms with Crippen molar-refractivity contribution >= 4 is 16.0 Å². The van der Waals surface area contributed by atoms with Crippen LogP contribution in [-0.4, -0.2) is 27.2 Å². The molecule has 0 amide bonds. The molecular weight excluding hydrogens is 215 g/mol. The minimum atomic E-state index is -0.0770. The molecule has 72 valence electrons. The van der Waals surface area contributed by atoms with Crippen LogP contribution in [0.15, 0.2) is 0 Å². The maximum absolute atomic E-state index is 9.86. The van der Waals surface area contributed by atoms with Gasteiger partial charge in [-0.15, -0.1) is 0 Å². The second kappa shape index (κ2) is 3.69. The molecule has 0 saturated heterocycles. The predicted molar refractivity (Wildman–Crippen MR) is 53.7 cm³/mol. The molecular formula is C10H20OSe. The van der Waals surface area contributed by atoms with Gasteiger partial charge in [0.25, 0.3) is 0 Å². The van der Waals surface area contributed by atoms with E-state index < -0.39 is 0 Å². The van der Waals surface area contributed by atoms with Crippen LogP contribution in [0.25, 0.3) is 0 Å². The van der Waals surface area contributed by atoms with Gasteiger partial charge in [0.05, 0.1) is 0 Å². The fourth-order valence-electron chi connectivity index (χ4n) is 2.15. The fraction of sp³-hybridized carbons (Fsp3) is 1.00. The van der Waals surface area contributed by atoms with Crippen molar-refractivity contribution < 1.29 is 5.11 Å². The Morgan fingerprint density at radius 2 is 2.08 bits per heavy atom. The van der Waals surface area contributed by atoms with Gasteiger partial charge >= 0.3 is 83.4 Å². The van der Waals surface area contributed by atoms with Crippen molar-refractivity contribution in [3.05, 3.63) is 0 Å². The van der Waals surface area contributed by atoms with Gasteiger partial charge in [0.1, 0.15) is 0 Å². The third-order valence-corrected chi connectivity index (χ3v) is 3.87. The van der Waals surface area contributed by atoms with E-state index in [1.165, 1.54) is 12.8 Å². The van der Waals surface area contributed by atoms with E-state index in [1.54, 1.807) is 0 Å². The first-order chi connectivity index (χ1) is 5.42. The van der Waals surface area contributed by atoms with Crippen LogP contribution in [0.3, 0.4) is 0 Å². The first kappa shape index (κ1) is 10.6. The summed E-state index contributed by atoms with van der Waals surface area (Å²) in [4.78, 5) is 0. The second-order valence-corrected chi connectivity index (χ2v) is 6.98. The molecule has 0 spiro atoms. The van der Waals surface area contributed by atoms with Crippen LogP contribution in [0.5, 0.6) is 0 Å².